The first kappa shape index (κ1) is 10.7. The standard InChI is InChI=1S/C10H12N4OS/c1-6-2-3-7(16-6)4-12-10-13-5-8(11)9(15)14-10/h2-3,5H,4,11H2,1H3,(H2,12,13,14,15). The molecule has 0 saturated carbocycles. The van der Waals surface area contributed by atoms with Gasteiger partial charge in [0.1, 0.15) is 5.69 Å². The summed E-state index contributed by atoms with van der Waals surface area (Å²) in [6, 6.07) is 4.10. The zero-order valence-electron chi connectivity index (χ0n) is 8.78. The number of rotatable bonds is 3. The van der Waals surface area contributed by atoms with Crippen LogP contribution in [-0.2, 0) is 6.54 Å². The number of aromatic amines is 1. The first-order chi connectivity index (χ1) is 7.65. The number of nitrogen functional groups attached to an aromatic ring is 1. The van der Waals surface area contributed by atoms with E-state index in [-0.39, 0.29) is 11.2 Å². The summed E-state index contributed by atoms with van der Waals surface area (Å²) in [6.07, 6.45) is 1.35. The Morgan fingerprint density at radius 1 is 1.56 bits per heavy atom. The third-order valence-corrected chi connectivity index (χ3v) is 3.05. The van der Waals surface area contributed by atoms with Gasteiger partial charge >= 0.3 is 0 Å². The van der Waals surface area contributed by atoms with Gasteiger partial charge in [0.25, 0.3) is 5.56 Å². The number of anilines is 2. The minimum absolute atomic E-state index is 0.123. The molecule has 0 saturated heterocycles. The molecular formula is C10H12N4OS. The van der Waals surface area contributed by atoms with Crippen molar-refractivity contribution in [3.8, 4) is 0 Å². The summed E-state index contributed by atoms with van der Waals surface area (Å²) in [5.74, 6) is 0.435. The molecule has 5 nitrogen and oxygen atoms in total. The molecule has 0 aliphatic heterocycles. The number of H-pyrrole nitrogens is 1. The topological polar surface area (TPSA) is 83.8 Å². The molecule has 0 aliphatic carbocycles. The van der Waals surface area contributed by atoms with Crippen LogP contribution in [0.15, 0.2) is 23.1 Å². The van der Waals surface area contributed by atoms with Gasteiger partial charge in [0.15, 0.2) is 0 Å². The SMILES string of the molecule is Cc1ccc(CNc2ncc(N)c(=O)[nH]2)s1. The number of aromatic nitrogens is 2. The van der Waals surface area contributed by atoms with Gasteiger partial charge in [-0.25, -0.2) is 4.98 Å². The highest BCUT2D eigenvalue weighted by Gasteiger charge is 2.00. The van der Waals surface area contributed by atoms with E-state index in [1.54, 1.807) is 11.3 Å². The van der Waals surface area contributed by atoms with Crippen molar-refractivity contribution in [2.24, 2.45) is 0 Å². The zero-order chi connectivity index (χ0) is 11.5. The summed E-state index contributed by atoms with van der Waals surface area (Å²) in [5, 5.41) is 3.03. The number of thiophene rings is 1. The monoisotopic (exact) mass is 236 g/mol. The zero-order valence-corrected chi connectivity index (χ0v) is 9.60. The van der Waals surface area contributed by atoms with Crippen molar-refractivity contribution in [2.45, 2.75) is 13.5 Å². The van der Waals surface area contributed by atoms with E-state index in [4.69, 9.17) is 5.73 Å². The van der Waals surface area contributed by atoms with Crippen LogP contribution in [-0.4, -0.2) is 9.97 Å². The highest BCUT2D eigenvalue weighted by Crippen LogP contribution is 2.15. The van der Waals surface area contributed by atoms with Gasteiger partial charge in [0.05, 0.1) is 12.7 Å². The Morgan fingerprint density at radius 2 is 2.38 bits per heavy atom. The molecule has 0 radical (unpaired) electrons. The van der Waals surface area contributed by atoms with Crippen LogP contribution in [0.25, 0.3) is 0 Å². The molecule has 2 aromatic heterocycles. The van der Waals surface area contributed by atoms with Crippen molar-refractivity contribution in [3.63, 3.8) is 0 Å². The molecule has 2 aromatic rings. The largest absolute Gasteiger partial charge is 0.393 e. The minimum Gasteiger partial charge on any atom is -0.393 e. The minimum atomic E-state index is -0.320. The second-order valence-electron chi connectivity index (χ2n) is 3.38. The molecule has 4 N–H and O–H groups in total. The normalized spacial score (nSPS) is 10.3. The van der Waals surface area contributed by atoms with Gasteiger partial charge in [0.2, 0.25) is 5.95 Å². The van der Waals surface area contributed by atoms with Crippen molar-refractivity contribution >= 4 is 23.0 Å². The van der Waals surface area contributed by atoms with Crippen LogP contribution in [0, 0.1) is 6.92 Å². The second kappa shape index (κ2) is 4.36. The lowest BCUT2D eigenvalue weighted by Crippen LogP contribution is -2.15. The van der Waals surface area contributed by atoms with Gasteiger partial charge in [-0.3, -0.25) is 9.78 Å². The molecule has 2 heterocycles. The second-order valence-corrected chi connectivity index (χ2v) is 4.75. The van der Waals surface area contributed by atoms with Gasteiger partial charge in [0, 0.05) is 9.75 Å². The van der Waals surface area contributed by atoms with Crippen LogP contribution in [0.4, 0.5) is 11.6 Å². The Kier molecular flexibility index (Phi) is 2.91. The summed E-state index contributed by atoms with van der Waals surface area (Å²) in [6.45, 7) is 2.70. The summed E-state index contributed by atoms with van der Waals surface area (Å²) >= 11 is 1.71. The molecule has 0 aromatic carbocycles. The predicted octanol–water partition coefficient (Wildman–Crippen LogP) is 1.33. The lowest BCUT2D eigenvalue weighted by Gasteiger charge is -2.03. The lowest BCUT2D eigenvalue weighted by atomic mass is 10.4. The van der Waals surface area contributed by atoms with Crippen molar-refractivity contribution < 1.29 is 0 Å². The van der Waals surface area contributed by atoms with Crippen LogP contribution in [0.1, 0.15) is 9.75 Å². The molecule has 0 spiro atoms. The third-order valence-electron chi connectivity index (χ3n) is 2.05. The molecule has 84 valence electrons. The Labute approximate surface area is 96.3 Å². The molecular weight excluding hydrogens is 224 g/mol. The van der Waals surface area contributed by atoms with Gasteiger partial charge in [-0.15, -0.1) is 11.3 Å². The average Bonchev–Trinajstić information content (AvgIpc) is 2.66. The van der Waals surface area contributed by atoms with E-state index in [0.717, 1.165) is 0 Å². The molecule has 0 aliphatic rings. The molecule has 0 fully saturated rings. The highest BCUT2D eigenvalue weighted by molar-refractivity contribution is 7.11. The van der Waals surface area contributed by atoms with Crippen molar-refractivity contribution in [2.75, 3.05) is 11.1 Å². The van der Waals surface area contributed by atoms with Crippen LogP contribution >= 0.6 is 11.3 Å². The number of hydrogen-bond acceptors (Lipinski definition) is 5. The van der Waals surface area contributed by atoms with E-state index in [2.05, 4.69) is 28.3 Å². The smallest absolute Gasteiger partial charge is 0.275 e. The Hall–Kier alpha value is -1.82. The fourth-order valence-corrected chi connectivity index (χ4v) is 2.08. The van der Waals surface area contributed by atoms with E-state index in [9.17, 15) is 4.79 Å². The van der Waals surface area contributed by atoms with Crippen molar-refractivity contribution in [3.05, 3.63) is 38.4 Å². The van der Waals surface area contributed by atoms with Crippen molar-refractivity contribution in [1.29, 1.82) is 0 Å². The molecule has 0 bridgehead atoms. The van der Waals surface area contributed by atoms with Gasteiger partial charge < -0.3 is 11.1 Å². The van der Waals surface area contributed by atoms with E-state index >= 15 is 0 Å². The summed E-state index contributed by atoms with van der Waals surface area (Å²) in [7, 11) is 0. The first-order valence-electron chi connectivity index (χ1n) is 4.79. The highest BCUT2D eigenvalue weighted by atomic mass is 32.1. The fraction of sp³-hybridized carbons (Fsp3) is 0.200. The van der Waals surface area contributed by atoms with Crippen LogP contribution in [0.2, 0.25) is 0 Å². The maximum Gasteiger partial charge on any atom is 0.275 e. The number of hydrogen-bond donors (Lipinski definition) is 3. The fourth-order valence-electron chi connectivity index (χ4n) is 1.25. The van der Waals surface area contributed by atoms with Crippen LogP contribution < -0.4 is 16.6 Å². The number of nitrogens with two attached hydrogens (primary N) is 1. The molecule has 0 amide bonds. The number of nitrogens with one attached hydrogen (secondary N) is 2. The molecule has 0 unspecified atom stereocenters. The molecule has 0 atom stereocenters. The van der Waals surface area contributed by atoms with E-state index in [1.165, 1.54) is 16.0 Å². The third kappa shape index (κ3) is 2.40. The Bertz CT molecular complexity index is 546. The average molecular weight is 236 g/mol. The van der Waals surface area contributed by atoms with E-state index < -0.39 is 0 Å². The quantitative estimate of drug-likeness (QED) is 0.750. The maximum absolute atomic E-state index is 11.2. The van der Waals surface area contributed by atoms with Crippen molar-refractivity contribution in [1.82, 2.24) is 9.97 Å². The van der Waals surface area contributed by atoms with Gasteiger partial charge in [-0.1, -0.05) is 0 Å². The number of nitrogens with zero attached hydrogens (tertiary/aromatic N) is 1. The lowest BCUT2D eigenvalue weighted by molar-refractivity contribution is 1.05. The summed E-state index contributed by atoms with van der Waals surface area (Å²) < 4.78 is 0. The van der Waals surface area contributed by atoms with Gasteiger partial charge in [-0.05, 0) is 19.1 Å². The summed E-state index contributed by atoms with van der Waals surface area (Å²) in [4.78, 5) is 20.2. The Balaban J connectivity index is 2.05. The molecule has 16 heavy (non-hydrogen) atoms. The van der Waals surface area contributed by atoms with E-state index in [1.807, 2.05) is 6.07 Å². The van der Waals surface area contributed by atoms with Crippen LogP contribution in [0.3, 0.4) is 0 Å². The Morgan fingerprint density at radius 3 is 3.00 bits per heavy atom. The summed E-state index contributed by atoms with van der Waals surface area (Å²) in [5.41, 5.74) is 5.17. The first-order valence-corrected chi connectivity index (χ1v) is 5.61. The van der Waals surface area contributed by atoms with Gasteiger partial charge in [-0.2, -0.15) is 0 Å². The van der Waals surface area contributed by atoms with Crippen LogP contribution in [0.5, 0.6) is 0 Å². The molecule has 6 heteroatoms. The predicted molar refractivity (Wildman–Crippen MR) is 65.7 cm³/mol. The number of aryl methyl sites for hydroxylation is 1. The maximum atomic E-state index is 11.2. The van der Waals surface area contributed by atoms with E-state index in [0.29, 0.717) is 12.5 Å². The molecule has 2 rings (SSSR count).